The fraction of sp³-hybridized carbons (Fsp3) is 0.244. The molecule has 6 rings (SSSR count). The fourth-order valence-electron chi connectivity index (χ4n) is 5.88. The van der Waals surface area contributed by atoms with Gasteiger partial charge in [0.05, 0.1) is 22.4 Å². The summed E-state index contributed by atoms with van der Waals surface area (Å²) < 4.78 is 12.2. The molecule has 0 radical (unpaired) electrons. The minimum absolute atomic E-state index is 0.240. The van der Waals surface area contributed by atoms with Gasteiger partial charge in [0.1, 0.15) is 24.7 Å². The van der Waals surface area contributed by atoms with E-state index in [4.69, 9.17) is 24.3 Å². The number of nitrogens with zero attached hydrogens (tertiary/aromatic N) is 3. The van der Waals surface area contributed by atoms with Crippen molar-refractivity contribution in [1.82, 2.24) is 15.0 Å². The third-order valence-corrected chi connectivity index (χ3v) is 8.83. The van der Waals surface area contributed by atoms with E-state index < -0.39 is 5.41 Å². The summed E-state index contributed by atoms with van der Waals surface area (Å²) in [5, 5.41) is 3.88. The van der Waals surface area contributed by atoms with Gasteiger partial charge in [-0.25, -0.2) is 9.97 Å². The molecule has 0 bridgehead atoms. The molecule has 244 valence electrons. The van der Waals surface area contributed by atoms with Crippen LogP contribution >= 0.6 is 0 Å². The third-order valence-electron chi connectivity index (χ3n) is 8.83. The Balaban J connectivity index is 1.17. The lowest BCUT2D eigenvalue weighted by Gasteiger charge is -2.31. The van der Waals surface area contributed by atoms with Crippen molar-refractivity contribution in [1.29, 1.82) is 0 Å². The molecule has 0 aliphatic rings. The molecule has 0 saturated heterocycles. The van der Waals surface area contributed by atoms with E-state index in [0.29, 0.717) is 32.7 Å². The van der Waals surface area contributed by atoms with Gasteiger partial charge in [-0.2, -0.15) is 0 Å². The van der Waals surface area contributed by atoms with Crippen LogP contribution in [0, 0.1) is 0 Å². The van der Waals surface area contributed by atoms with Crippen LogP contribution in [0.3, 0.4) is 0 Å². The van der Waals surface area contributed by atoms with Crippen LogP contribution in [0.5, 0.6) is 11.5 Å². The van der Waals surface area contributed by atoms with Crippen molar-refractivity contribution in [2.45, 2.75) is 52.2 Å². The Morgan fingerprint density at radius 2 is 1.08 bits per heavy atom. The summed E-state index contributed by atoms with van der Waals surface area (Å²) in [4.78, 5) is 27.9. The Morgan fingerprint density at radius 1 is 0.625 bits per heavy atom. The van der Waals surface area contributed by atoms with Crippen molar-refractivity contribution < 1.29 is 19.1 Å². The van der Waals surface area contributed by atoms with Crippen LogP contribution in [0.15, 0.2) is 121 Å². The highest BCUT2D eigenvalue weighted by atomic mass is 16.7. The molecule has 0 N–H and O–H groups in total. The Hall–Kier alpha value is -5.27. The van der Waals surface area contributed by atoms with Crippen molar-refractivity contribution in [3.63, 3.8) is 0 Å². The fourth-order valence-corrected chi connectivity index (χ4v) is 5.88. The smallest absolute Gasteiger partial charge is 0.325 e. The van der Waals surface area contributed by atoms with Crippen molar-refractivity contribution in [2.24, 2.45) is 0 Å². The number of para-hydroxylation sites is 2. The van der Waals surface area contributed by atoms with Crippen LogP contribution < -0.4 is 9.47 Å². The first-order chi connectivity index (χ1) is 23.4. The van der Waals surface area contributed by atoms with Gasteiger partial charge in [-0.3, -0.25) is 4.79 Å². The van der Waals surface area contributed by atoms with Gasteiger partial charge >= 0.3 is 5.97 Å². The summed E-state index contributed by atoms with van der Waals surface area (Å²) >= 11 is 0. The number of carbonyl (C=O) groups is 1. The topological polar surface area (TPSA) is 73.8 Å². The summed E-state index contributed by atoms with van der Waals surface area (Å²) in [5.74, 6) is 1.27. The van der Waals surface area contributed by atoms with Crippen LogP contribution in [-0.2, 0) is 28.3 Å². The molecule has 0 aliphatic heterocycles. The van der Waals surface area contributed by atoms with E-state index in [0.717, 1.165) is 55.8 Å². The van der Waals surface area contributed by atoms with E-state index in [1.807, 2.05) is 86.6 Å². The predicted molar refractivity (Wildman–Crippen MR) is 190 cm³/mol. The Kier molecular flexibility index (Phi) is 10.3. The molecule has 0 unspecified atom stereocenters. The molecule has 2 aromatic heterocycles. The predicted octanol–water partition coefficient (Wildman–Crippen LogP) is 8.83. The number of benzene rings is 4. The quantitative estimate of drug-likeness (QED) is 0.110. The van der Waals surface area contributed by atoms with E-state index in [9.17, 15) is 4.79 Å². The van der Waals surface area contributed by atoms with Gasteiger partial charge in [-0.1, -0.05) is 79.7 Å². The Labute approximate surface area is 282 Å². The minimum Gasteiger partial charge on any atom is -0.487 e. The number of aromatic nitrogens is 2. The second-order valence-corrected chi connectivity index (χ2v) is 12.0. The molecular formula is C41H41N3O4. The molecule has 4 aromatic carbocycles. The highest BCUT2D eigenvalue weighted by Crippen LogP contribution is 2.38. The largest absolute Gasteiger partial charge is 0.487 e. The lowest BCUT2D eigenvalue weighted by molar-refractivity contribution is -0.189. The maximum atomic E-state index is 12.9. The first kappa shape index (κ1) is 32.7. The molecule has 2 heterocycles. The van der Waals surface area contributed by atoms with Gasteiger partial charge in [-0.15, -0.1) is 5.06 Å². The summed E-state index contributed by atoms with van der Waals surface area (Å²) in [6.07, 6.45) is 0.834. The van der Waals surface area contributed by atoms with Gasteiger partial charge in [0.2, 0.25) is 0 Å². The van der Waals surface area contributed by atoms with Gasteiger partial charge in [0.25, 0.3) is 0 Å². The van der Waals surface area contributed by atoms with Crippen molar-refractivity contribution in [3.8, 4) is 11.5 Å². The SMILES string of the molecule is CCN(CC)OC(=O)CCC(C)(c1ccc(OCc2ccc3ccccc3n2)cc1)c1ccc(OCc2ccc3ccccc3n2)cc1. The molecule has 0 atom stereocenters. The van der Waals surface area contributed by atoms with E-state index in [-0.39, 0.29) is 12.4 Å². The molecule has 0 fully saturated rings. The maximum absolute atomic E-state index is 12.9. The second-order valence-electron chi connectivity index (χ2n) is 12.0. The van der Waals surface area contributed by atoms with Crippen LogP contribution in [0.4, 0.5) is 0 Å². The van der Waals surface area contributed by atoms with E-state index in [1.165, 1.54) is 0 Å². The monoisotopic (exact) mass is 639 g/mol. The van der Waals surface area contributed by atoms with Gasteiger partial charge in [-0.05, 0) is 79.9 Å². The molecule has 7 heteroatoms. The van der Waals surface area contributed by atoms with Crippen molar-refractivity contribution in [2.75, 3.05) is 13.1 Å². The summed E-state index contributed by atoms with van der Waals surface area (Å²) in [6, 6.07) is 40.5. The first-order valence-corrected chi connectivity index (χ1v) is 16.6. The Morgan fingerprint density at radius 3 is 1.54 bits per heavy atom. The molecular weight excluding hydrogens is 598 g/mol. The maximum Gasteiger partial charge on any atom is 0.325 e. The number of fused-ring (bicyclic) bond motifs is 2. The number of rotatable bonds is 14. The van der Waals surface area contributed by atoms with Gasteiger partial charge < -0.3 is 14.3 Å². The van der Waals surface area contributed by atoms with Crippen LogP contribution in [0.25, 0.3) is 21.8 Å². The van der Waals surface area contributed by atoms with Crippen LogP contribution in [-0.4, -0.2) is 34.1 Å². The lowest BCUT2D eigenvalue weighted by atomic mass is 9.73. The standard InChI is InChI=1S/C41H41N3O4/c1-4-44(5-2)48-40(45)26-27-41(3,32-16-22-36(23-17-32)46-28-34-20-14-30-10-6-8-12-38(30)42-34)33-18-24-37(25-19-33)47-29-35-21-15-31-11-7-9-13-39(31)43-35/h6-25H,4-5,26-29H2,1-3H3. The van der Waals surface area contributed by atoms with Gasteiger partial charge in [0.15, 0.2) is 0 Å². The number of ether oxygens (including phenoxy) is 2. The molecule has 0 amide bonds. The van der Waals surface area contributed by atoms with E-state index in [2.05, 4.69) is 55.5 Å². The number of hydroxylamine groups is 2. The lowest BCUT2D eigenvalue weighted by Crippen LogP contribution is -2.29. The van der Waals surface area contributed by atoms with Gasteiger partial charge in [0, 0.05) is 35.7 Å². The molecule has 0 aliphatic carbocycles. The molecule has 0 spiro atoms. The second kappa shape index (κ2) is 15.1. The zero-order chi connectivity index (χ0) is 33.3. The normalized spacial score (nSPS) is 11.6. The summed E-state index contributed by atoms with van der Waals surface area (Å²) in [7, 11) is 0. The zero-order valence-corrected chi connectivity index (χ0v) is 27.8. The number of hydrogen-bond acceptors (Lipinski definition) is 7. The highest BCUT2D eigenvalue weighted by molar-refractivity contribution is 5.79. The molecule has 0 saturated carbocycles. The first-order valence-electron chi connectivity index (χ1n) is 16.6. The van der Waals surface area contributed by atoms with E-state index >= 15 is 0 Å². The highest BCUT2D eigenvalue weighted by Gasteiger charge is 2.30. The average molecular weight is 640 g/mol. The van der Waals surface area contributed by atoms with Crippen LogP contribution in [0.1, 0.15) is 56.1 Å². The van der Waals surface area contributed by atoms with E-state index in [1.54, 1.807) is 5.06 Å². The van der Waals surface area contributed by atoms with Crippen molar-refractivity contribution in [3.05, 3.63) is 144 Å². The van der Waals surface area contributed by atoms with Crippen molar-refractivity contribution >= 4 is 27.8 Å². The summed E-state index contributed by atoms with van der Waals surface area (Å²) in [5.41, 5.74) is 5.31. The number of hydrogen-bond donors (Lipinski definition) is 0. The molecule has 7 nitrogen and oxygen atoms in total. The Bertz CT molecular complexity index is 1840. The number of pyridine rings is 2. The molecule has 48 heavy (non-hydrogen) atoms. The molecule has 6 aromatic rings. The minimum atomic E-state index is -0.473. The third kappa shape index (κ3) is 7.81. The van der Waals surface area contributed by atoms with Crippen LogP contribution in [0.2, 0.25) is 0 Å². The number of carbonyl (C=O) groups excluding carboxylic acids is 1. The average Bonchev–Trinajstić information content (AvgIpc) is 3.14. The summed E-state index contributed by atoms with van der Waals surface area (Å²) in [6.45, 7) is 8.14. The zero-order valence-electron chi connectivity index (χ0n) is 27.8.